The van der Waals surface area contributed by atoms with Crippen molar-refractivity contribution in [2.45, 2.75) is 13.5 Å². The summed E-state index contributed by atoms with van der Waals surface area (Å²) in [4.78, 5) is 12.8. The van der Waals surface area contributed by atoms with Crippen LogP contribution in [0.5, 0.6) is 0 Å². The van der Waals surface area contributed by atoms with Gasteiger partial charge >= 0.3 is 0 Å². The van der Waals surface area contributed by atoms with E-state index in [2.05, 4.69) is 6.58 Å². The maximum atomic E-state index is 13.7. The van der Waals surface area contributed by atoms with Crippen LogP contribution >= 0.6 is 0 Å². The molecule has 2 nitrogen and oxygen atoms in total. The molecule has 1 aromatic rings. The van der Waals surface area contributed by atoms with Crippen molar-refractivity contribution in [1.29, 1.82) is 0 Å². The van der Waals surface area contributed by atoms with Gasteiger partial charge < -0.3 is 4.90 Å². The summed E-state index contributed by atoms with van der Waals surface area (Å²) in [7, 11) is 0. The highest BCUT2D eigenvalue weighted by atomic mass is 19.1. The highest BCUT2D eigenvalue weighted by Crippen LogP contribution is 2.21. The number of carbonyl (C=O) groups is 1. The van der Waals surface area contributed by atoms with E-state index >= 15 is 0 Å². The molecule has 4 heteroatoms. The van der Waals surface area contributed by atoms with E-state index in [1.807, 2.05) is 0 Å². The molecule has 2 rings (SSSR count). The highest BCUT2D eigenvalue weighted by molar-refractivity contribution is 5.92. The van der Waals surface area contributed by atoms with Crippen LogP contribution in [-0.4, -0.2) is 10.8 Å². The molecule has 0 fully saturated rings. The lowest BCUT2D eigenvalue weighted by Crippen LogP contribution is -2.23. The number of hydrogen-bond donors (Lipinski definition) is 0. The van der Waals surface area contributed by atoms with Crippen LogP contribution in [-0.2, 0) is 11.3 Å². The molecular weight excluding hydrogens is 224 g/mol. The van der Waals surface area contributed by atoms with Crippen molar-refractivity contribution in [1.82, 2.24) is 4.90 Å². The van der Waals surface area contributed by atoms with Crippen LogP contribution in [0, 0.1) is 18.6 Å². The number of amides is 1. The lowest BCUT2D eigenvalue weighted by molar-refractivity contribution is -0.123. The second-order valence-corrected chi connectivity index (χ2v) is 3.89. The lowest BCUT2D eigenvalue weighted by Gasteiger charge is -2.18. The molecular formula is C13H11F2NO. The Labute approximate surface area is 97.9 Å². The molecule has 1 amide bonds. The molecule has 0 spiro atoms. The van der Waals surface area contributed by atoms with Gasteiger partial charge in [0.1, 0.15) is 11.6 Å². The van der Waals surface area contributed by atoms with Gasteiger partial charge in [0.15, 0.2) is 0 Å². The zero-order chi connectivity index (χ0) is 12.6. The first-order valence-electron chi connectivity index (χ1n) is 5.12. The fourth-order valence-corrected chi connectivity index (χ4v) is 1.68. The summed E-state index contributed by atoms with van der Waals surface area (Å²) in [6.07, 6.45) is 2.94. The molecule has 1 aromatic carbocycles. The SMILES string of the molecule is C=C1C=CC(=O)N1Cc1ccc(F)c(C)c1F. The van der Waals surface area contributed by atoms with Gasteiger partial charge in [-0.1, -0.05) is 12.6 Å². The van der Waals surface area contributed by atoms with E-state index in [0.29, 0.717) is 5.70 Å². The zero-order valence-corrected chi connectivity index (χ0v) is 9.34. The Morgan fingerprint density at radius 1 is 1.29 bits per heavy atom. The van der Waals surface area contributed by atoms with Crippen molar-refractivity contribution in [2.75, 3.05) is 0 Å². The Bertz CT molecular complexity index is 516. The van der Waals surface area contributed by atoms with Gasteiger partial charge in [0.25, 0.3) is 5.91 Å². The van der Waals surface area contributed by atoms with Gasteiger partial charge in [-0.2, -0.15) is 0 Å². The molecule has 0 N–H and O–H groups in total. The Kier molecular flexibility index (Phi) is 2.79. The van der Waals surface area contributed by atoms with Gasteiger partial charge in [-0.15, -0.1) is 0 Å². The van der Waals surface area contributed by atoms with Crippen molar-refractivity contribution in [3.63, 3.8) is 0 Å². The first-order valence-corrected chi connectivity index (χ1v) is 5.12. The molecule has 1 aliphatic rings. The fourth-order valence-electron chi connectivity index (χ4n) is 1.68. The van der Waals surface area contributed by atoms with Gasteiger partial charge in [0, 0.05) is 22.9 Å². The van der Waals surface area contributed by atoms with Crippen molar-refractivity contribution < 1.29 is 13.6 Å². The third kappa shape index (κ3) is 1.98. The van der Waals surface area contributed by atoms with Gasteiger partial charge in [-0.05, 0) is 19.1 Å². The molecule has 0 aromatic heterocycles. The predicted octanol–water partition coefficient (Wildman–Crippen LogP) is 2.69. The number of hydrogen-bond acceptors (Lipinski definition) is 1. The minimum absolute atomic E-state index is 0.0345. The second kappa shape index (κ2) is 4.13. The molecule has 1 heterocycles. The molecule has 0 atom stereocenters. The van der Waals surface area contributed by atoms with E-state index in [0.717, 1.165) is 0 Å². The number of nitrogens with zero attached hydrogens (tertiary/aromatic N) is 1. The third-order valence-corrected chi connectivity index (χ3v) is 2.76. The Morgan fingerprint density at radius 2 is 2.00 bits per heavy atom. The maximum Gasteiger partial charge on any atom is 0.251 e. The molecule has 0 radical (unpaired) electrons. The van der Waals surface area contributed by atoms with Crippen LogP contribution in [0.3, 0.4) is 0 Å². The first-order chi connectivity index (χ1) is 8.00. The van der Waals surface area contributed by atoms with Crippen molar-refractivity contribution >= 4 is 5.91 Å². The van der Waals surface area contributed by atoms with Crippen LogP contribution < -0.4 is 0 Å². The topological polar surface area (TPSA) is 20.3 Å². The number of halogens is 2. The molecule has 1 aliphatic heterocycles. The van der Waals surface area contributed by atoms with Crippen LogP contribution in [0.1, 0.15) is 11.1 Å². The fraction of sp³-hybridized carbons (Fsp3) is 0.154. The van der Waals surface area contributed by atoms with Gasteiger partial charge in [-0.25, -0.2) is 8.78 Å². The number of carbonyl (C=O) groups excluding carboxylic acids is 1. The van der Waals surface area contributed by atoms with E-state index in [-0.39, 0.29) is 23.6 Å². The molecule has 0 aliphatic carbocycles. The lowest BCUT2D eigenvalue weighted by atomic mass is 10.1. The molecule has 88 valence electrons. The minimum Gasteiger partial charge on any atom is -0.305 e. The molecule has 0 saturated carbocycles. The first kappa shape index (κ1) is 11.5. The molecule has 0 unspecified atom stereocenters. The summed E-state index contributed by atoms with van der Waals surface area (Å²) >= 11 is 0. The maximum absolute atomic E-state index is 13.7. The summed E-state index contributed by atoms with van der Waals surface area (Å²) < 4.78 is 26.8. The Morgan fingerprint density at radius 3 is 2.59 bits per heavy atom. The van der Waals surface area contributed by atoms with E-state index in [4.69, 9.17) is 0 Å². The normalized spacial score (nSPS) is 14.9. The van der Waals surface area contributed by atoms with Gasteiger partial charge in [0.2, 0.25) is 0 Å². The average molecular weight is 235 g/mol. The average Bonchev–Trinajstić information content (AvgIpc) is 2.61. The minimum atomic E-state index is -0.613. The molecule has 0 saturated heterocycles. The van der Waals surface area contributed by atoms with Crippen LogP contribution in [0.25, 0.3) is 0 Å². The van der Waals surface area contributed by atoms with Gasteiger partial charge in [0.05, 0.1) is 6.54 Å². The van der Waals surface area contributed by atoms with Gasteiger partial charge in [-0.3, -0.25) is 4.79 Å². The summed E-state index contributed by atoms with van der Waals surface area (Å²) in [6, 6.07) is 2.54. The molecule has 0 bridgehead atoms. The van der Waals surface area contributed by atoms with Crippen molar-refractivity contribution in [3.05, 3.63) is 59.3 Å². The largest absolute Gasteiger partial charge is 0.305 e. The molecule has 17 heavy (non-hydrogen) atoms. The monoisotopic (exact) mass is 235 g/mol. The smallest absolute Gasteiger partial charge is 0.251 e. The Hall–Kier alpha value is -1.97. The quantitative estimate of drug-likeness (QED) is 0.771. The third-order valence-electron chi connectivity index (χ3n) is 2.76. The van der Waals surface area contributed by atoms with Crippen molar-refractivity contribution in [3.8, 4) is 0 Å². The van der Waals surface area contributed by atoms with Crippen LogP contribution in [0.2, 0.25) is 0 Å². The summed E-state index contributed by atoms with van der Waals surface area (Å²) in [6.45, 7) is 5.11. The summed E-state index contributed by atoms with van der Waals surface area (Å²) in [5, 5.41) is 0. The number of benzene rings is 1. The number of rotatable bonds is 2. The Balaban J connectivity index is 2.29. The zero-order valence-electron chi connectivity index (χ0n) is 9.34. The number of allylic oxidation sites excluding steroid dienone is 1. The van der Waals surface area contributed by atoms with Crippen LogP contribution in [0.15, 0.2) is 36.6 Å². The van der Waals surface area contributed by atoms with Crippen LogP contribution in [0.4, 0.5) is 8.78 Å². The van der Waals surface area contributed by atoms with E-state index in [9.17, 15) is 13.6 Å². The standard InChI is InChI=1S/C13H11F2NO/c1-8-3-6-12(17)16(8)7-10-4-5-11(14)9(2)13(10)15/h3-6H,1,7H2,2H3. The predicted molar refractivity (Wildman–Crippen MR) is 59.9 cm³/mol. The highest BCUT2D eigenvalue weighted by Gasteiger charge is 2.21. The van der Waals surface area contributed by atoms with E-state index in [1.54, 1.807) is 6.08 Å². The summed E-state index contributed by atoms with van der Waals surface area (Å²) in [5.41, 5.74) is 0.756. The summed E-state index contributed by atoms with van der Waals surface area (Å²) in [5.74, 6) is -1.44. The van der Waals surface area contributed by atoms with Crippen molar-refractivity contribution in [2.24, 2.45) is 0 Å². The van der Waals surface area contributed by atoms with E-state index in [1.165, 1.54) is 30.0 Å². The van der Waals surface area contributed by atoms with E-state index < -0.39 is 11.6 Å². The second-order valence-electron chi connectivity index (χ2n) is 3.89.